The fraction of sp³-hybridized carbons (Fsp3) is 0.333. The number of hydrogen-bond donors (Lipinski definition) is 3. The number of aliphatic carboxylic acids is 1. The van der Waals surface area contributed by atoms with Gasteiger partial charge in [-0.25, -0.2) is 14.2 Å². The third kappa shape index (κ3) is 3.10. The topological polar surface area (TPSA) is 81.2 Å². The molecule has 6 nitrogen and oxygen atoms in total. The van der Waals surface area contributed by atoms with E-state index in [1.165, 1.54) is 23.9 Å². The smallest absolute Gasteiger partial charge is 0.353 e. The van der Waals surface area contributed by atoms with Crippen LogP contribution in [0.2, 0.25) is 0 Å². The highest BCUT2D eigenvalue weighted by molar-refractivity contribution is 8.08. The Labute approximate surface area is 154 Å². The van der Waals surface area contributed by atoms with E-state index in [0.717, 1.165) is 37.2 Å². The predicted molar refractivity (Wildman–Crippen MR) is 97.6 cm³/mol. The first-order chi connectivity index (χ1) is 12.6. The standard InChI is InChI=1S/C18H19FN4O2S/c19-12-3-1-11(2-4-12)16-15(18(24)25)23(13-5-7-20-8-6-13)17(26-16)14-9-21-10-22-14/h1-4,9-10,13,17,20H,5-8H2,(H,21,22)(H,24,25). The maximum absolute atomic E-state index is 13.3. The molecule has 1 aromatic heterocycles. The SMILES string of the molecule is O=C(O)C1=C(c2ccc(F)cc2)SC(c2cnc[nH]2)N1C1CCNCC1. The van der Waals surface area contributed by atoms with Crippen molar-refractivity contribution in [3.05, 3.63) is 59.6 Å². The number of imidazole rings is 1. The first kappa shape index (κ1) is 17.1. The van der Waals surface area contributed by atoms with Crippen molar-refractivity contribution < 1.29 is 14.3 Å². The maximum Gasteiger partial charge on any atom is 0.353 e. The van der Waals surface area contributed by atoms with Crippen LogP contribution in [0.25, 0.3) is 4.91 Å². The largest absolute Gasteiger partial charge is 0.477 e. The molecule has 0 aliphatic carbocycles. The number of benzene rings is 1. The molecule has 1 aromatic carbocycles. The molecule has 1 atom stereocenters. The van der Waals surface area contributed by atoms with Crippen molar-refractivity contribution in [2.75, 3.05) is 13.1 Å². The molecule has 2 aliphatic rings. The lowest BCUT2D eigenvalue weighted by molar-refractivity contribution is -0.134. The highest BCUT2D eigenvalue weighted by atomic mass is 32.2. The van der Waals surface area contributed by atoms with E-state index in [2.05, 4.69) is 15.3 Å². The van der Waals surface area contributed by atoms with Crippen LogP contribution in [0.4, 0.5) is 4.39 Å². The summed E-state index contributed by atoms with van der Waals surface area (Å²) in [5.74, 6) is -1.30. The lowest BCUT2D eigenvalue weighted by Gasteiger charge is -2.37. The van der Waals surface area contributed by atoms with Crippen LogP contribution in [-0.4, -0.2) is 45.1 Å². The van der Waals surface area contributed by atoms with Crippen LogP contribution in [0.5, 0.6) is 0 Å². The van der Waals surface area contributed by atoms with Gasteiger partial charge in [-0.05, 0) is 43.6 Å². The Morgan fingerprint density at radius 2 is 2.00 bits per heavy atom. The zero-order valence-corrected chi connectivity index (χ0v) is 14.8. The van der Waals surface area contributed by atoms with Gasteiger partial charge < -0.3 is 20.3 Å². The molecule has 1 fully saturated rings. The number of halogens is 1. The van der Waals surface area contributed by atoms with Crippen molar-refractivity contribution in [1.29, 1.82) is 0 Å². The highest BCUT2D eigenvalue weighted by Crippen LogP contribution is 2.53. The number of rotatable bonds is 4. The molecule has 1 saturated heterocycles. The van der Waals surface area contributed by atoms with E-state index < -0.39 is 5.97 Å². The third-order valence-electron chi connectivity index (χ3n) is 4.75. The summed E-state index contributed by atoms with van der Waals surface area (Å²) < 4.78 is 13.3. The Balaban J connectivity index is 1.80. The summed E-state index contributed by atoms with van der Waals surface area (Å²) in [6, 6.07) is 6.12. The van der Waals surface area contributed by atoms with Crippen LogP contribution in [0.3, 0.4) is 0 Å². The summed E-state index contributed by atoms with van der Waals surface area (Å²) in [6.45, 7) is 1.72. The van der Waals surface area contributed by atoms with Crippen LogP contribution < -0.4 is 5.32 Å². The molecule has 8 heteroatoms. The van der Waals surface area contributed by atoms with E-state index >= 15 is 0 Å². The van der Waals surface area contributed by atoms with Gasteiger partial charge in [0, 0.05) is 10.9 Å². The van der Waals surface area contributed by atoms with E-state index in [1.807, 2.05) is 4.90 Å². The van der Waals surface area contributed by atoms with Gasteiger partial charge in [0.25, 0.3) is 0 Å². The monoisotopic (exact) mass is 374 g/mol. The first-order valence-corrected chi connectivity index (χ1v) is 9.40. The minimum atomic E-state index is -0.961. The molecule has 26 heavy (non-hydrogen) atoms. The summed E-state index contributed by atoms with van der Waals surface area (Å²) in [7, 11) is 0. The van der Waals surface area contributed by atoms with Gasteiger partial charge in [-0.1, -0.05) is 23.9 Å². The fourth-order valence-electron chi connectivity index (χ4n) is 3.55. The van der Waals surface area contributed by atoms with Gasteiger partial charge in [0.2, 0.25) is 0 Å². The van der Waals surface area contributed by atoms with Gasteiger partial charge in [-0.15, -0.1) is 0 Å². The zero-order chi connectivity index (χ0) is 18.1. The number of hydrogen-bond acceptors (Lipinski definition) is 5. The van der Waals surface area contributed by atoms with E-state index in [9.17, 15) is 14.3 Å². The zero-order valence-electron chi connectivity index (χ0n) is 14.0. The van der Waals surface area contributed by atoms with Gasteiger partial charge in [-0.2, -0.15) is 0 Å². The molecule has 0 radical (unpaired) electrons. The minimum Gasteiger partial charge on any atom is -0.477 e. The lowest BCUT2D eigenvalue weighted by Crippen LogP contribution is -2.43. The van der Waals surface area contributed by atoms with Crippen LogP contribution >= 0.6 is 11.8 Å². The second-order valence-corrected chi connectivity index (χ2v) is 7.45. The fourth-order valence-corrected chi connectivity index (χ4v) is 4.99. The number of carbonyl (C=O) groups is 1. The number of nitrogens with one attached hydrogen (secondary N) is 2. The molecule has 3 N–H and O–H groups in total. The summed E-state index contributed by atoms with van der Waals surface area (Å²) in [5.41, 5.74) is 1.87. The molecule has 2 aliphatic heterocycles. The molecule has 3 heterocycles. The van der Waals surface area contributed by atoms with Crippen LogP contribution in [0, 0.1) is 5.82 Å². The molecule has 136 valence electrons. The number of aromatic amines is 1. The van der Waals surface area contributed by atoms with Crippen LogP contribution in [0.1, 0.15) is 29.5 Å². The van der Waals surface area contributed by atoms with Crippen molar-refractivity contribution in [1.82, 2.24) is 20.2 Å². The number of thioether (sulfide) groups is 1. The van der Waals surface area contributed by atoms with Crippen molar-refractivity contribution in [3.63, 3.8) is 0 Å². The van der Waals surface area contributed by atoms with Gasteiger partial charge in [0.15, 0.2) is 0 Å². The van der Waals surface area contributed by atoms with Crippen LogP contribution in [0.15, 0.2) is 42.5 Å². The summed E-state index contributed by atoms with van der Waals surface area (Å²) >= 11 is 1.48. The van der Waals surface area contributed by atoms with E-state index in [0.29, 0.717) is 4.91 Å². The minimum absolute atomic E-state index is 0.126. The highest BCUT2D eigenvalue weighted by Gasteiger charge is 2.42. The Bertz CT molecular complexity index is 816. The Kier molecular flexibility index (Phi) is 4.69. The average molecular weight is 374 g/mol. The van der Waals surface area contributed by atoms with E-state index in [-0.39, 0.29) is 22.9 Å². The van der Waals surface area contributed by atoms with Gasteiger partial charge in [-0.3, -0.25) is 0 Å². The normalized spacial score (nSPS) is 21.4. The molecule has 4 rings (SSSR count). The predicted octanol–water partition coefficient (Wildman–Crippen LogP) is 2.80. The summed E-state index contributed by atoms with van der Waals surface area (Å²) in [4.78, 5) is 22.1. The van der Waals surface area contributed by atoms with E-state index in [4.69, 9.17) is 0 Å². The molecular weight excluding hydrogens is 355 g/mol. The second-order valence-electron chi connectivity index (χ2n) is 6.36. The summed E-state index contributed by atoms with van der Waals surface area (Å²) in [5, 5.41) is 13.1. The molecule has 0 spiro atoms. The number of piperidine rings is 1. The van der Waals surface area contributed by atoms with Crippen molar-refractivity contribution in [2.24, 2.45) is 0 Å². The molecule has 0 saturated carbocycles. The quantitative estimate of drug-likeness (QED) is 0.764. The average Bonchev–Trinajstić information content (AvgIpc) is 3.30. The van der Waals surface area contributed by atoms with Crippen LogP contribution in [-0.2, 0) is 4.79 Å². The molecule has 1 unspecified atom stereocenters. The number of carboxylic acids is 1. The van der Waals surface area contributed by atoms with Gasteiger partial charge in [0.1, 0.15) is 16.9 Å². The Morgan fingerprint density at radius 3 is 2.62 bits per heavy atom. The third-order valence-corrected chi connectivity index (χ3v) is 6.12. The van der Waals surface area contributed by atoms with Crippen molar-refractivity contribution >= 4 is 22.6 Å². The molecule has 2 aromatic rings. The molecule has 0 bridgehead atoms. The number of nitrogens with zero attached hydrogens (tertiary/aromatic N) is 2. The van der Waals surface area contributed by atoms with Gasteiger partial charge in [0.05, 0.1) is 18.2 Å². The lowest BCUT2D eigenvalue weighted by atomic mass is 10.0. The Morgan fingerprint density at radius 1 is 1.27 bits per heavy atom. The van der Waals surface area contributed by atoms with Crippen molar-refractivity contribution in [3.8, 4) is 0 Å². The first-order valence-electron chi connectivity index (χ1n) is 8.52. The summed E-state index contributed by atoms with van der Waals surface area (Å²) in [6.07, 6.45) is 5.09. The van der Waals surface area contributed by atoms with Crippen molar-refractivity contribution in [2.45, 2.75) is 24.3 Å². The van der Waals surface area contributed by atoms with E-state index in [1.54, 1.807) is 24.7 Å². The number of H-pyrrole nitrogens is 1. The van der Waals surface area contributed by atoms with Gasteiger partial charge >= 0.3 is 5.97 Å². The maximum atomic E-state index is 13.3. The number of aromatic nitrogens is 2. The molecular formula is C18H19FN4O2S. The number of carboxylic acid groups (broad SMARTS) is 1. The molecule has 0 amide bonds. The second kappa shape index (κ2) is 7.13. The Hall–Kier alpha value is -2.32.